The Balaban J connectivity index is 1.31. The fraction of sp³-hybridized carbons (Fsp3) is 0.926. The first-order chi connectivity index (χ1) is 14.2. The predicted octanol–water partition coefficient (Wildman–Crippen LogP) is 5.49. The smallest absolute Gasteiger partial charge is 0.0889 e. The summed E-state index contributed by atoms with van der Waals surface area (Å²) in [7, 11) is 0. The first-order valence-corrected chi connectivity index (χ1v) is 12.9. The maximum atomic E-state index is 11.0. The van der Waals surface area contributed by atoms with Crippen LogP contribution in [0.25, 0.3) is 0 Å². The van der Waals surface area contributed by atoms with E-state index in [1.54, 1.807) is 5.57 Å². The lowest BCUT2D eigenvalue weighted by Crippen LogP contribution is -2.51. The fourth-order valence-electron chi connectivity index (χ4n) is 8.80. The number of rotatable bonds is 5. The summed E-state index contributed by atoms with van der Waals surface area (Å²) in [4.78, 5) is 0. The molecule has 30 heavy (non-hydrogen) atoms. The third-order valence-corrected chi connectivity index (χ3v) is 11.0. The van der Waals surface area contributed by atoms with Gasteiger partial charge in [-0.05, 0) is 112 Å². The van der Waals surface area contributed by atoms with E-state index in [9.17, 15) is 10.2 Å². The van der Waals surface area contributed by atoms with Gasteiger partial charge < -0.3 is 14.9 Å². The molecule has 2 N–H and O–H groups in total. The first-order valence-electron chi connectivity index (χ1n) is 12.9. The summed E-state index contributed by atoms with van der Waals surface area (Å²) < 4.78 is 5.54. The topological polar surface area (TPSA) is 53.0 Å². The van der Waals surface area contributed by atoms with Gasteiger partial charge in [0.25, 0.3) is 0 Å². The second-order valence-corrected chi connectivity index (χ2v) is 12.6. The predicted molar refractivity (Wildman–Crippen MR) is 120 cm³/mol. The molecule has 5 aliphatic rings. The highest BCUT2D eigenvalue weighted by Crippen LogP contribution is 2.67. The number of epoxide rings is 1. The maximum absolute atomic E-state index is 11.0. The normalized spacial score (nSPS) is 51.9. The molecule has 170 valence electrons. The van der Waals surface area contributed by atoms with Gasteiger partial charge >= 0.3 is 0 Å². The Hall–Kier alpha value is -0.380. The average Bonchev–Trinajstić information content (AvgIpc) is 3.34. The van der Waals surface area contributed by atoms with Crippen molar-refractivity contribution in [3.05, 3.63) is 11.6 Å². The molecule has 3 saturated carbocycles. The number of ether oxygens (including phenoxy) is 1. The Morgan fingerprint density at radius 2 is 1.87 bits per heavy atom. The Bertz CT molecular complexity index is 696. The van der Waals surface area contributed by atoms with Gasteiger partial charge in [-0.3, -0.25) is 0 Å². The van der Waals surface area contributed by atoms with E-state index in [4.69, 9.17) is 4.74 Å². The number of aliphatic hydroxyl groups is 2. The molecule has 5 rings (SSSR count). The van der Waals surface area contributed by atoms with Crippen LogP contribution in [-0.2, 0) is 4.74 Å². The minimum absolute atomic E-state index is 0.0516. The van der Waals surface area contributed by atoms with Crippen molar-refractivity contribution in [2.24, 2.45) is 40.4 Å². The van der Waals surface area contributed by atoms with Crippen LogP contribution in [-0.4, -0.2) is 34.6 Å². The molecule has 1 aliphatic heterocycles. The lowest BCUT2D eigenvalue weighted by molar-refractivity contribution is -0.0682. The number of allylic oxidation sites excluding steroid dienone is 1. The molecule has 4 aliphatic carbocycles. The molecule has 0 spiro atoms. The minimum atomic E-state index is -0.195. The van der Waals surface area contributed by atoms with Crippen LogP contribution >= 0.6 is 0 Å². The van der Waals surface area contributed by atoms with E-state index in [-0.39, 0.29) is 17.8 Å². The highest BCUT2D eigenvalue weighted by Gasteiger charge is 2.59. The third kappa shape index (κ3) is 3.33. The summed E-state index contributed by atoms with van der Waals surface area (Å²) in [6.45, 7) is 10.5. The highest BCUT2D eigenvalue weighted by atomic mass is 16.6. The Labute approximate surface area is 183 Å². The molecule has 4 unspecified atom stereocenters. The van der Waals surface area contributed by atoms with Gasteiger partial charge in [-0.25, -0.2) is 0 Å². The molecule has 10 atom stereocenters. The number of fused-ring (bicyclic) bond motifs is 5. The van der Waals surface area contributed by atoms with Crippen LogP contribution in [0.15, 0.2) is 11.6 Å². The SMILES string of the molecule is CC(C(O)CCC1(C)CO1)[C@H]1CC[C@H]2C3CC=C4C[C@@H](O)CC[C@]4(C)[C@H]3CC[C@]12C. The summed E-state index contributed by atoms with van der Waals surface area (Å²) in [6.07, 6.45) is 13.7. The Morgan fingerprint density at radius 3 is 2.60 bits per heavy atom. The van der Waals surface area contributed by atoms with Crippen LogP contribution in [0.5, 0.6) is 0 Å². The van der Waals surface area contributed by atoms with Crippen LogP contribution in [0.4, 0.5) is 0 Å². The molecular weight excluding hydrogens is 372 g/mol. The molecule has 0 amide bonds. The number of hydrogen-bond donors (Lipinski definition) is 2. The second-order valence-electron chi connectivity index (χ2n) is 12.6. The molecule has 0 aromatic rings. The van der Waals surface area contributed by atoms with Crippen molar-refractivity contribution in [2.75, 3.05) is 6.61 Å². The molecule has 0 aromatic carbocycles. The van der Waals surface area contributed by atoms with Gasteiger partial charge in [0.1, 0.15) is 0 Å². The van der Waals surface area contributed by atoms with Gasteiger partial charge in [-0.15, -0.1) is 0 Å². The summed E-state index contributed by atoms with van der Waals surface area (Å²) in [5.74, 6) is 3.45. The summed E-state index contributed by atoms with van der Waals surface area (Å²) in [5.41, 5.74) is 2.33. The van der Waals surface area contributed by atoms with Crippen molar-refractivity contribution in [3.63, 3.8) is 0 Å². The van der Waals surface area contributed by atoms with Gasteiger partial charge in [0.15, 0.2) is 0 Å². The maximum Gasteiger partial charge on any atom is 0.0889 e. The van der Waals surface area contributed by atoms with Gasteiger partial charge in [0, 0.05) is 0 Å². The van der Waals surface area contributed by atoms with Crippen molar-refractivity contribution in [1.82, 2.24) is 0 Å². The molecule has 4 fully saturated rings. The van der Waals surface area contributed by atoms with Crippen LogP contribution in [0, 0.1) is 40.4 Å². The second kappa shape index (κ2) is 7.32. The molecular formula is C27H44O3. The monoisotopic (exact) mass is 416 g/mol. The van der Waals surface area contributed by atoms with Crippen molar-refractivity contribution in [3.8, 4) is 0 Å². The quantitative estimate of drug-likeness (QED) is 0.460. The zero-order chi connectivity index (χ0) is 21.3. The average molecular weight is 417 g/mol. The summed E-state index contributed by atoms with van der Waals surface area (Å²) in [5, 5.41) is 21.3. The fourth-order valence-corrected chi connectivity index (χ4v) is 8.80. The zero-order valence-electron chi connectivity index (χ0n) is 19.7. The van der Waals surface area contributed by atoms with Crippen molar-refractivity contribution < 1.29 is 14.9 Å². The first kappa shape index (κ1) is 21.5. The van der Waals surface area contributed by atoms with Gasteiger partial charge in [-0.1, -0.05) is 32.4 Å². The largest absolute Gasteiger partial charge is 0.393 e. The zero-order valence-corrected chi connectivity index (χ0v) is 19.7. The van der Waals surface area contributed by atoms with Crippen molar-refractivity contribution in [1.29, 1.82) is 0 Å². The molecule has 0 aromatic heterocycles. The van der Waals surface area contributed by atoms with E-state index in [0.717, 1.165) is 50.0 Å². The van der Waals surface area contributed by atoms with E-state index < -0.39 is 0 Å². The molecule has 3 nitrogen and oxygen atoms in total. The Kier molecular flexibility index (Phi) is 5.24. The van der Waals surface area contributed by atoms with Crippen LogP contribution < -0.4 is 0 Å². The van der Waals surface area contributed by atoms with Gasteiger partial charge in [0.05, 0.1) is 24.4 Å². The molecule has 0 radical (unpaired) electrons. The third-order valence-electron chi connectivity index (χ3n) is 11.0. The lowest BCUT2D eigenvalue weighted by Gasteiger charge is -2.58. The summed E-state index contributed by atoms with van der Waals surface area (Å²) in [6, 6.07) is 0. The number of aliphatic hydroxyl groups excluding tert-OH is 2. The molecule has 1 saturated heterocycles. The van der Waals surface area contributed by atoms with E-state index >= 15 is 0 Å². The lowest BCUT2D eigenvalue weighted by atomic mass is 9.47. The van der Waals surface area contributed by atoms with E-state index in [1.165, 1.54) is 38.5 Å². The van der Waals surface area contributed by atoms with Gasteiger partial charge in [0.2, 0.25) is 0 Å². The van der Waals surface area contributed by atoms with E-state index in [2.05, 4.69) is 33.8 Å². The standard InChI is InChI=1S/C27H44O3/c1-17(24(29)11-12-25(2)16-30-25)21-7-8-22-20-6-5-18-15-19(28)9-13-26(18,3)23(20)10-14-27(21,22)4/h5,17,19-24,28-29H,6-16H2,1-4H3/t17?,19-,20?,21+,22-,23-,24?,25?,26-,27+/m0/s1. The van der Waals surface area contributed by atoms with E-state index in [0.29, 0.717) is 22.7 Å². The summed E-state index contributed by atoms with van der Waals surface area (Å²) >= 11 is 0. The van der Waals surface area contributed by atoms with Crippen molar-refractivity contribution >= 4 is 0 Å². The van der Waals surface area contributed by atoms with Crippen molar-refractivity contribution in [2.45, 2.75) is 110 Å². The minimum Gasteiger partial charge on any atom is -0.393 e. The Morgan fingerprint density at radius 1 is 1.10 bits per heavy atom. The molecule has 1 heterocycles. The molecule has 3 heteroatoms. The van der Waals surface area contributed by atoms with Crippen LogP contribution in [0.3, 0.4) is 0 Å². The highest BCUT2D eigenvalue weighted by molar-refractivity contribution is 5.25. The van der Waals surface area contributed by atoms with Gasteiger partial charge in [-0.2, -0.15) is 0 Å². The molecule has 0 bridgehead atoms. The number of hydrogen-bond acceptors (Lipinski definition) is 3. The van der Waals surface area contributed by atoms with Crippen LogP contribution in [0.2, 0.25) is 0 Å². The van der Waals surface area contributed by atoms with E-state index in [1.807, 2.05) is 0 Å². The van der Waals surface area contributed by atoms with Crippen LogP contribution in [0.1, 0.15) is 91.9 Å².